The average Bonchev–Trinajstić information content (AvgIpc) is 2.70. The number of rotatable bonds is 8. The third-order valence-corrected chi connectivity index (χ3v) is 5.81. The first-order valence-electron chi connectivity index (χ1n) is 9.60. The predicted octanol–water partition coefficient (Wildman–Crippen LogP) is 7.15. The van der Waals surface area contributed by atoms with Gasteiger partial charge in [0.2, 0.25) is 0 Å². The van der Waals surface area contributed by atoms with Crippen molar-refractivity contribution in [3.05, 3.63) is 85.4 Å². The Morgan fingerprint density at radius 1 is 0.966 bits per heavy atom. The van der Waals surface area contributed by atoms with Crippen molar-refractivity contribution in [2.75, 3.05) is 11.9 Å². The van der Waals surface area contributed by atoms with Gasteiger partial charge in [-0.3, -0.25) is 0 Å². The third kappa shape index (κ3) is 5.80. The van der Waals surface area contributed by atoms with Crippen LogP contribution in [0.5, 0.6) is 11.5 Å². The van der Waals surface area contributed by atoms with E-state index in [1.165, 1.54) is 11.1 Å². The maximum atomic E-state index is 6.10. The lowest BCUT2D eigenvalue weighted by Crippen LogP contribution is -2.05. The van der Waals surface area contributed by atoms with Crippen LogP contribution in [0.3, 0.4) is 0 Å². The lowest BCUT2D eigenvalue weighted by molar-refractivity contribution is 0.267. The van der Waals surface area contributed by atoms with E-state index >= 15 is 0 Å². The number of aryl methyl sites for hydroxylation is 1. The SMILES string of the molecule is CCOc1cc(CNc2cccc(C)c2C)cc(I)c1OCc1ccc(Cl)cc1. The first-order chi connectivity index (χ1) is 14.0. The van der Waals surface area contributed by atoms with Crippen LogP contribution in [0.4, 0.5) is 5.69 Å². The summed E-state index contributed by atoms with van der Waals surface area (Å²) in [7, 11) is 0. The molecule has 0 saturated heterocycles. The molecule has 0 radical (unpaired) electrons. The summed E-state index contributed by atoms with van der Waals surface area (Å²) >= 11 is 8.27. The predicted molar refractivity (Wildman–Crippen MR) is 129 cm³/mol. The zero-order chi connectivity index (χ0) is 20.8. The van der Waals surface area contributed by atoms with Gasteiger partial charge in [0.1, 0.15) is 6.61 Å². The van der Waals surface area contributed by atoms with Crippen molar-refractivity contribution in [2.45, 2.75) is 33.9 Å². The summed E-state index contributed by atoms with van der Waals surface area (Å²) in [4.78, 5) is 0. The highest BCUT2D eigenvalue weighted by molar-refractivity contribution is 14.1. The van der Waals surface area contributed by atoms with Crippen molar-refractivity contribution in [1.29, 1.82) is 0 Å². The highest BCUT2D eigenvalue weighted by Gasteiger charge is 2.13. The molecule has 0 amide bonds. The van der Waals surface area contributed by atoms with Crippen LogP contribution in [0.2, 0.25) is 5.02 Å². The molecule has 0 aromatic heterocycles. The first-order valence-corrected chi connectivity index (χ1v) is 11.1. The average molecular weight is 522 g/mol. The lowest BCUT2D eigenvalue weighted by atomic mass is 10.1. The fourth-order valence-electron chi connectivity index (χ4n) is 3.00. The Hall–Kier alpha value is -1.92. The van der Waals surface area contributed by atoms with E-state index < -0.39 is 0 Å². The minimum absolute atomic E-state index is 0.466. The Kier molecular flexibility index (Phi) is 7.67. The summed E-state index contributed by atoms with van der Waals surface area (Å²) in [6.07, 6.45) is 0. The lowest BCUT2D eigenvalue weighted by Gasteiger charge is -2.17. The van der Waals surface area contributed by atoms with E-state index in [4.69, 9.17) is 21.1 Å². The van der Waals surface area contributed by atoms with E-state index in [1.54, 1.807) is 0 Å². The van der Waals surface area contributed by atoms with Gasteiger partial charge in [0, 0.05) is 17.3 Å². The molecule has 0 bridgehead atoms. The minimum Gasteiger partial charge on any atom is -0.490 e. The molecule has 3 rings (SSSR count). The van der Waals surface area contributed by atoms with Crippen LogP contribution in [0, 0.1) is 17.4 Å². The van der Waals surface area contributed by atoms with Gasteiger partial charge in [0.25, 0.3) is 0 Å². The first kappa shape index (κ1) is 21.8. The smallest absolute Gasteiger partial charge is 0.174 e. The zero-order valence-corrected chi connectivity index (χ0v) is 19.8. The molecule has 29 heavy (non-hydrogen) atoms. The van der Waals surface area contributed by atoms with Crippen molar-refractivity contribution in [1.82, 2.24) is 0 Å². The van der Waals surface area contributed by atoms with Crippen molar-refractivity contribution in [3.63, 3.8) is 0 Å². The highest BCUT2D eigenvalue weighted by atomic mass is 127. The van der Waals surface area contributed by atoms with Gasteiger partial charge in [0.15, 0.2) is 11.5 Å². The maximum absolute atomic E-state index is 6.10. The number of anilines is 1. The van der Waals surface area contributed by atoms with E-state index in [1.807, 2.05) is 31.2 Å². The molecule has 152 valence electrons. The van der Waals surface area contributed by atoms with Gasteiger partial charge in [-0.1, -0.05) is 35.9 Å². The van der Waals surface area contributed by atoms with Gasteiger partial charge < -0.3 is 14.8 Å². The second-order valence-electron chi connectivity index (χ2n) is 6.85. The topological polar surface area (TPSA) is 30.5 Å². The molecule has 3 aromatic rings. The summed E-state index contributed by atoms with van der Waals surface area (Å²) < 4.78 is 13.0. The number of nitrogens with one attached hydrogen (secondary N) is 1. The Morgan fingerprint density at radius 3 is 2.45 bits per heavy atom. The molecule has 0 aliphatic carbocycles. The maximum Gasteiger partial charge on any atom is 0.174 e. The number of halogens is 2. The quantitative estimate of drug-likeness (QED) is 0.319. The Balaban J connectivity index is 1.76. The molecule has 0 fully saturated rings. The summed E-state index contributed by atoms with van der Waals surface area (Å²) in [5.41, 5.74) is 5.92. The third-order valence-electron chi connectivity index (χ3n) is 4.75. The molecule has 0 aliphatic rings. The molecule has 0 spiro atoms. The van der Waals surface area contributed by atoms with Crippen LogP contribution in [0.15, 0.2) is 54.6 Å². The van der Waals surface area contributed by atoms with Crippen LogP contribution >= 0.6 is 34.2 Å². The molecular formula is C24H25ClINO2. The monoisotopic (exact) mass is 521 g/mol. The van der Waals surface area contributed by atoms with Gasteiger partial charge in [-0.25, -0.2) is 0 Å². The largest absolute Gasteiger partial charge is 0.490 e. The van der Waals surface area contributed by atoms with Crippen molar-refractivity contribution >= 4 is 39.9 Å². The molecule has 0 atom stereocenters. The number of ether oxygens (including phenoxy) is 2. The zero-order valence-electron chi connectivity index (χ0n) is 16.9. The molecule has 3 aromatic carbocycles. The van der Waals surface area contributed by atoms with Crippen molar-refractivity contribution in [3.8, 4) is 11.5 Å². The highest BCUT2D eigenvalue weighted by Crippen LogP contribution is 2.35. The van der Waals surface area contributed by atoms with Crippen LogP contribution in [0.1, 0.15) is 29.2 Å². The second kappa shape index (κ2) is 10.2. The molecule has 5 heteroatoms. The van der Waals surface area contributed by atoms with Crippen LogP contribution in [-0.4, -0.2) is 6.61 Å². The normalized spacial score (nSPS) is 10.7. The molecule has 0 saturated carbocycles. The molecule has 3 nitrogen and oxygen atoms in total. The van der Waals surface area contributed by atoms with Crippen LogP contribution in [0.25, 0.3) is 0 Å². The van der Waals surface area contributed by atoms with Gasteiger partial charge >= 0.3 is 0 Å². The molecule has 0 aliphatic heterocycles. The van der Waals surface area contributed by atoms with Crippen molar-refractivity contribution in [2.24, 2.45) is 0 Å². The molecule has 0 heterocycles. The van der Waals surface area contributed by atoms with Crippen LogP contribution < -0.4 is 14.8 Å². The second-order valence-corrected chi connectivity index (χ2v) is 8.45. The van der Waals surface area contributed by atoms with Gasteiger partial charge in [0.05, 0.1) is 10.2 Å². The minimum atomic E-state index is 0.466. The van der Waals surface area contributed by atoms with E-state index in [0.717, 1.165) is 43.5 Å². The van der Waals surface area contributed by atoms with E-state index in [-0.39, 0.29) is 0 Å². The number of hydrogen-bond donors (Lipinski definition) is 1. The van der Waals surface area contributed by atoms with E-state index in [9.17, 15) is 0 Å². The van der Waals surface area contributed by atoms with Gasteiger partial charge in [-0.05, 0) is 95.9 Å². The summed E-state index contributed by atoms with van der Waals surface area (Å²) in [6, 6.07) is 18.2. The molecule has 0 unspecified atom stereocenters. The molecular weight excluding hydrogens is 497 g/mol. The Bertz CT molecular complexity index is 973. The summed E-state index contributed by atoms with van der Waals surface area (Å²) in [5.74, 6) is 1.55. The molecule has 1 N–H and O–H groups in total. The van der Waals surface area contributed by atoms with Crippen LogP contribution in [-0.2, 0) is 13.2 Å². The Morgan fingerprint density at radius 2 is 1.72 bits per heavy atom. The number of hydrogen-bond acceptors (Lipinski definition) is 3. The number of benzene rings is 3. The van der Waals surface area contributed by atoms with Gasteiger partial charge in [-0.15, -0.1) is 0 Å². The van der Waals surface area contributed by atoms with Crippen molar-refractivity contribution < 1.29 is 9.47 Å². The summed E-state index contributed by atoms with van der Waals surface area (Å²) in [5, 5.41) is 4.26. The Labute approximate surface area is 191 Å². The van der Waals surface area contributed by atoms with E-state index in [0.29, 0.717) is 13.2 Å². The summed E-state index contributed by atoms with van der Waals surface area (Å²) in [6.45, 7) is 8.02. The van der Waals surface area contributed by atoms with Gasteiger partial charge in [-0.2, -0.15) is 0 Å². The standard InChI is InChI=1S/C24H25ClINO2/c1-4-28-23-13-19(14-27-22-7-5-6-16(2)17(22)3)12-21(26)24(23)29-15-18-8-10-20(25)11-9-18/h5-13,27H,4,14-15H2,1-3H3. The fourth-order valence-corrected chi connectivity index (χ4v) is 3.95. The fraction of sp³-hybridized carbons (Fsp3) is 0.250. The van der Waals surface area contributed by atoms with E-state index in [2.05, 4.69) is 72.1 Å².